The van der Waals surface area contributed by atoms with Gasteiger partial charge in [-0.3, -0.25) is 14.4 Å². The number of allylic oxidation sites excluding steroid dienone is 6. The van der Waals surface area contributed by atoms with Crippen LogP contribution in [0.5, 0.6) is 0 Å². The van der Waals surface area contributed by atoms with E-state index in [4.69, 9.17) is 14.9 Å². The van der Waals surface area contributed by atoms with Crippen molar-refractivity contribution in [3.8, 4) is 0 Å². The molecule has 0 spiro atoms. The molecule has 0 bridgehead atoms. The summed E-state index contributed by atoms with van der Waals surface area (Å²) < 4.78 is 6.05. The first-order valence-electron chi connectivity index (χ1n) is 25.9. The number of nitrogens with one attached hydrogen (secondary N) is 2. The first-order valence-corrected chi connectivity index (χ1v) is 25.9. The molecule has 0 aromatic rings. The Bertz CT molecular complexity index is 1140. The molecule has 0 heterocycles. The van der Waals surface area contributed by atoms with E-state index in [1.54, 1.807) is 0 Å². The van der Waals surface area contributed by atoms with Crippen molar-refractivity contribution < 1.29 is 34.1 Å². The van der Waals surface area contributed by atoms with Gasteiger partial charge in [0.05, 0.1) is 13.2 Å². The maximum absolute atomic E-state index is 12.9. The van der Waals surface area contributed by atoms with Crippen molar-refractivity contribution in [1.82, 2.24) is 10.6 Å². The smallest absolute Gasteiger partial charge is 0.328 e. The van der Waals surface area contributed by atoms with Gasteiger partial charge in [-0.05, 0) is 89.9 Å². The Balaban J connectivity index is 4.28. The van der Waals surface area contributed by atoms with Crippen LogP contribution in [0.4, 0.5) is 0 Å². The molecule has 0 rings (SSSR count). The summed E-state index contributed by atoms with van der Waals surface area (Å²) in [6.07, 6.45) is 56.1. The van der Waals surface area contributed by atoms with E-state index >= 15 is 0 Å². The van der Waals surface area contributed by atoms with Gasteiger partial charge in [-0.2, -0.15) is 0 Å². The second-order valence-electron chi connectivity index (χ2n) is 17.6. The third-order valence-corrected chi connectivity index (χ3v) is 11.6. The van der Waals surface area contributed by atoms with Gasteiger partial charge in [-0.25, -0.2) is 4.79 Å². The maximum atomic E-state index is 12.9. The molecule has 9 heteroatoms. The highest BCUT2D eigenvalue weighted by atomic mass is 16.5. The fourth-order valence-corrected chi connectivity index (χ4v) is 7.63. The number of amides is 2. The van der Waals surface area contributed by atoms with Crippen molar-refractivity contribution in [2.45, 2.75) is 264 Å². The number of aliphatic carboxylic acids is 1. The molecular formula is C53H96N2O7. The highest BCUT2D eigenvalue weighted by molar-refractivity contribution is 5.87. The predicted molar refractivity (Wildman–Crippen MR) is 259 cm³/mol. The first-order chi connectivity index (χ1) is 30.3. The van der Waals surface area contributed by atoms with Crippen LogP contribution >= 0.6 is 0 Å². The minimum atomic E-state index is -1.38. The van der Waals surface area contributed by atoms with Gasteiger partial charge >= 0.3 is 11.9 Å². The summed E-state index contributed by atoms with van der Waals surface area (Å²) in [7, 11) is 0. The minimum Gasteiger partial charge on any atom is -0.480 e. The molecule has 0 aliphatic rings. The standard InChI is InChI=1S/C53H96N2O7/c1-3-5-7-9-11-13-15-17-18-19-20-21-22-23-24-26-28-30-32-37-41-45-52(59)62-48(42-38-34-31-29-27-25-16-14-12-10-8-6-4-2)43-39-35-33-36-40-44-50(57)54-46-51(58)55-49(47-56)53(60)61/h15,17,19-20,29,31,48-49,56H,3-14,16,18,21-28,30,32-47H2,1-2H3,(H,54,57)(H,55,58)(H,60,61)/b17-15-,20-19-,31-29-. The molecule has 0 radical (unpaired) electrons. The molecule has 62 heavy (non-hydrogen) atoms. The zero-order valence-electron chi connectivity index (χ0n) is 40.1. The lowest BCUT2D eigenvalue weighted by molar-refractivity contribution is -0.150. The molecule has 9 nitrogen and oxygen atoms in total. The highest BCUT2D eigenvalue weighted by Crippen LogP contribution is 2.18. The summed E-state index contributed by atoms with van der Waals surface area (Å²) in [4.78, 5) is 47.8. The Morgan fingerprint density at radius 1 is 0.484 bits per heavy atom. The summed E-state index contributed by atoms with van der Waals surface area (Å²) in [5.41, 5.74) is 0. The number of aliphatic hydroxyl groups excluding tert-OH is 1. The average Bonchev–Trinajstić information content (AvgIpc) is 3.26. The number of rotatable bonds is 47. The Morgan fingerprint density at radius 2 is 0.887 bits per heavy atom. The molecule has 2 unspecified atom stereocenters. The number of esters is 1. The summed E-state index contributed by atoms with van der Waals surface area (Å²) in [5, 5.41) is 22.6. The van der Waals surface area contributed by atoms with Crippen molar-refractivity contribution in [3.63, 3.8) is 0 Å². The van der Waals surface area contributed by atoms with Gasteiger partial charge in [0.15, 0.2) is 0 Å². The number of aliphatic hydroxyl groups is 1. The molecule has 2 atom stereocenters. The van der Waals surface area contributed by atoms with Crippen molar-refractivity contribution in [2.24, 2.45) is 0 Å². The van der Waals surface area contributed by atoms with Crippen LogP contribution in [0.15, 0.2) is 36.5 Å². The Labute approximate surface area is 380 Å². The quantitative estimate of drug-likeness (QED) is 0.0271. The van der Waals surface area contributed by atoms with Gasteiger partial charge in [0.25, 0.3) is 0 Å². The summed E-state index contributed by atoms with van der Waals surface area (Å²) in [6.45, 7) is 3.49. The minimum absolute atomic E-state index is 0.0469. The number of ether oxygens (including phenoxy) is 1. The number of carbonyl (C=O) groups excluding carboxylic acids is 3. The average molecular weight is 873 g/mol. The second-order valence-corrected chi connectivity index (χ2v) is 17.6. The Kier molecular flexibility index (Phi) is 45.3. The van der Waals surface area contributed by atoms with Crippen LogP contribution in [0.2, 0.25) is 0 Å². The zero-order chi connectivity index (χ0) is 45.4. The molecule has 0 aliphatic heterocycles. The van der Waals surface area contributed by atoms with Crippen molar-refractivity contribution in [3.05, 3.63) is 36.5 Å². The van der Waals surface area contributed by atoms with Gasteiger partial charge < -0.3 is 25.6 Å². The lowest BCUT2D eigenvalue weighted by atomic mass is 10.0. The van der Waals surface area contributed by atoms with E-state index in [9.17, 15) is 19.2 Å². The number of hydrogen-bond acceptors (Lipinski definition) is 6. The second kappa shape index (κ2) is 47.5. The predicted octanol–water partition coefficient (Wildman–Crippen LogP) is 13.7. The lowest BCUT2D eigenvalue weighted by Crippen LogP contribution is -2.47. The normalized spacial score (nSPS) is 12.7. The summed E-state index contributed by atoms with van der Waals surface area (Å²) in [6, 6.07) is -1.38. The molecular weight excluding hydrogens is 777 g/mol. The van der Waals surface area contributed by atoms with E-state index in [1.165, 1.54) is 141 Å². The monoisotopic (exact) mass is 873 g/mol. The molecule has 0 fully saturated rings. The van der Waals surface area contributed by atoms with E-state index < -0.39 is 24.5 Å². The number of carboxylic acids is 1. The summed E-state index contributed by atoms with van der Waals surface area (Å²) >= 11 is 0. The number of carbonyl (C=O) groups is 4. The molecule has 0 aromatic heterocycles. The zero-order valence-corrected chi connectivity index (χ0v) is 40.1. The van der Waals surface area contributed by atoms with Crippen molar-refractivity contribution >= 4 is 23.8 Å². The summed E-state index contributed by atoms with van der Waals surface area (Å²) in [5.74, 6) is -2.31. The number of hydrogen-bond donors (Lipinski definition) is 4. The molecule has 0 saturated carbocycles. The Hall–Kier alpha value is -2.94. The van der Waals surface area contributed by atoms with Crippen LogP contribution < -0.4 is 10.6 Å². The van der Waals surface area contributed by atoms with Crippen LogP contribution in [0.3, 0.4) is 0 Å². The SMILES string of the molecule is CCCCCCC/C=C\C/C=C\CCCCCCCCCCCC(=O)OC(CCC/C=C\CCCCCCCCCC)CCCCCCCC(=O)NCC(=O)NC(CO)C(=O)O. The molecule has 0 aliphatic carbocycles. The molecule has 0 saturated heterocycles. The fraction of sp³-hybridized carbons (Fsp3) is 0.811. The number of carboxylic acid groups (broad SMARTS) is 1. The van der Waals surface area contributed by atoms with E-state index in [1.807, 2.05) is 0 Å². The largest absolute Gasteiger partial charge is 0.480 e. The highest BCUT2D eigenvalue weighted by Gasteiger charge is 2.19. The van der Waals surface area contributed by atoms with Crippen molar-refractivity contribution in [2.75, 3.05) is 13.2 Å². The van der Waals surface area contributed by atoms with Gasteiger partial charge in [0.2, 0.25) is 11.8 Å². The van der Waals surface area contributed by atoms with Crippen LogP contribution in [0, 0.1) is 0 Å². The fourth-order valence-electron chi connectivity index (χ4n) is 7.63. The third-order valence-electron chi connectivity index (χ3n) is 11.6. The van der Waals surface area contributed by atoms with Crippen LogP contribution in [0.25, 0.3) is 0 Å². The van der Waals surface area contributed by atoms with E-state index in [0.29, 0.717) is 19.3 Å². The maximum Gasteiger partial charge on any atom is 0.328 e. The number of unbranched alkanes of at least 4 members (excludes halogenated alkanes) is 27. The Morgan fingerprint density at radius 3 is 1.37 bits per heavy atom. The van der Waals surface area contributed by atoms with Gasteiger partial charge in [-0.15, -0.1) is 0 Å². The molecule has 2 amide bonds. The molecule has 4 N–H and O–H groups in total. The van der Waals surface area contributed by atoms with E-state index in [2.05, 4.69) is 60.9 Å². The molecule has 0 aromatic carbocycles. The lowest BCUT2D eigenvalue weighted by Gasteiger charge is -2.18. The van der Waals surface area contributed by atoms with Crippen LogP contribution in [-0.2, 0) is 23.9 Å². The van der Waals surface area contributed by atoms with Gasteiger partial charge in [0, 0.05) is 12.8 Å². The first kappa shape index (κ1) is 59.1. The van der Waals surface area contributed by atoms with Gasteiger partial charge in [-0.1, -0.05) is 185 Å². The van der Waals surface area contributed by atoms with E-state index in [0.717, 1.165) is 77.0 Å². The third kappa shape index (κ3) is 43.7. The molecule has 360 valence electrons. The van der Waals surface area contributed by atoms with E-state index in [-0.39, 0.29) is 24.5 Å². The van der Waals surface area contributed by atoms with Gasteiger partial charge in [0.1, 0.15) is 12.1 Å². The topological polar surface area (TPSA) is 142 Å². The van der Waals surface area contributed by atoms with Crippen LogP contribution in [-0.4, -0.2) is 59.3 Å². The van der Waals surface area contributed by atoms with Crippen molar-refractivity contribution in [1.29, 1.82) is 0 Å². The van der Waals surface area contributed by atoms with Crippen LogP contribution in [0.1, 0.15) is 251 Å².